The Morgan fingerprint density at radius 3 is 2.82 bits per heavy atom. The quantitative estimate of drug-likeness (QED) is 0.784. The zero-order valence-corrected chi connectivity index (χ0v) is 11.0. The SMILES string of the molecule is COCC(C)NCCn1c(C)cc(C)nc1=O. The highest BCUT2D eigenvalue weighted by Crippen LogP contribution is 1.96. The largest absolute Gasteiger partial charge is 0.383 e. The molecule has 0 aliphatic carbocycles. The molecule has 0 saturated carbocycles. The number of hydrogen-bond acceptors (Lipinski definition) is 4. The van der Waals surface area contributed by atoms with E-state index >= 15 is 0 Å². The van der Waals surface area contributed by atoms with E-state index in [0.717, 1.165) is 17.9 Å². The van der Waals surface area contributed by atoms with E-state index in [9.17, 15) is 4.79 Å². The van der Waals surface area contributed by atoms with E-state index in [2.05, 4.69) is 10.3 Å². The lowest BCUT2D eigenvalue weighted by Gasteiger charge is -2.14. The van der Waals surface area contributed by atoms with Gasteiger partial charge in [0.2, 0.25) is 0 Å². The molecule has 1 N–H and O–H groups in total. The van der Waals surface area contributed by atoms with Crippen LogP contribution in [0.5, 0.6) is 0 Å². The number of aryl methyl sites for hydroxylation is 2. The molecular weight excluding hydrogens is 218 g/mol. The molecule has 1 heterocycles. The van der Waals surface area contributed by atoms with Gasteiger partial charge in [0.1, 0.15) is 0 Å². The predicted octanol–water partition coefficient (Wildman–Crippen LogP) is 0.485. The number of rotatable bonds is 6. The molecule has 0 aliphatic heterocycles. The van der Waals surface area contributed by atoms with Gasteiger partial charge in [-0.3, -0.25) is 4.57 Å². The molecule has 0 saturated heterocycles. The first kappa shape index (κ1) is 13.9. The normalized spacial score (nSPS) is 12.7. The molecule has 0 aromatic carbocycles. The zero-order valence-electron chi connectivity index (χ0n) is 11.0. The van der Waals surface area contributed by atoms with E-state index < -0.39 is 0 Å². The fourth-order valence-corrected chi connectivity index (χ4v) is 1.78. The van der Waals surface area contributed by atoms with Crippen molar-refractivity contribution in [2.75, 3.05) is 20.3 Å². The lowest BCUT2D eigenvalue weighted by molar-refractivity contribution is 0.172. The molecule has 0 fully saturated rings. The van der Waals surface area contributed by atoms with Crippen LogP contribution in [0.4, 0.5) is 0 Å². The van der Waals surface area contributed by atoms with Crippen LogP contribution in [-0.2, 0) is 11.3 Å². The van der Waals surface area contributed by atoms with Crippen LogP contribution in [0.3, 0.4) is 0 Å². The van der Waals surface area contributed by atoms with Gasteiger partial charge >= 0.3 is 5.69 Å². The first-order valence-corrected chi connectivity index (χ1v) is 5.82. The van der Waals surface area contributed by atoms with Crippen LogP contribution < -0.4 is 11.0 Å². The minimum Gasteiger partial charge on any atom is -0.383 e. The van der Waals surface area contributed by atoms with Crippen molar-refractivity contribution in [2.24, 2.45) is 0 Å². The van der Waals surface area contributed by atoms with Crippen molar-refractivity contribution in [3.05, 3.63) is 27.9 Å². The molecule has 0 spiro atoms. The summed E-state index contributed by atoms with van der Waals surface area (Å²) in [5, 5.41) is 3.29. The van der Waals surface area contributed by atoms with Gasteiger partial charge in [-0.2, -0.15) is 4.98 Å². The smallest absolute Gasteiger partial charge is 0.347 e. The van der Waals surface area contributed by atoms with Crippen molar-refractivity contribution in [2.45, 2.75) is 33.4 Å². The fraction of sp³-hybridized carbons (Fsp3) is 0.667. The van der Waals surface area contributed by atoms with Gasteiger partial charge in [0.25, 0.3) is 0 Å². The van der Waals surface area contributed by atoms with E-state index in [0.29, 0.717) is 13.2 Å². The Bertz CT molecular complexity index is 415. The summed E-state index contributed by atoms with van der Waals surface area (Å²) in [6.45, 7) is 7.83. The predicted molar refractivity (Wildman–Crippen MR) is 67.3 cm³/mol. The Morgan fingerprint density at radius 1 is 1.53 bits per heavy atom. The average Bonchev–Trinajstić information content (AvgIpc) is 2.22. The maximum absolute atomic E-state index is 11.7. The highest BCUT2D eigenvalue weighted by Gasteiger charge is 2.04. The Balaban J connectivity index is 2.55. The third kappa shape index (κ3) is 4.28. The van der Waals surface area contributed by atoms with Crippen molar-refractivity contribution < 1.29 is 4.74 Å². The van der Waals surface area contributed by atoms with Crippen LogP contribution in [0.15, 0.2) is 10.9 Å². The molecule has 5 nitrogen and oxygen atoms in total. The number of nitrogens with zero attached hydrogens (tertiary/aromatic N) is 2. The number of ether oxygens (including phenoxy) is 1. The maximum Gasteiger partial charge on any atom is 0.347 e. The van der Waals surface area contributed by atoms with E-state index in [1.54, 1.807) is 11.7 Å². The molecule has 1 atom stereocenters. The zero-order chi connectivity index (χ0) is 12.8. The topological polar surface area (TPSA) is 56.1 Å². The third-order valence-corrected chi connectivity index (χ3v) is 2.59. The first-order valence-electron chi connectivity index (χ1n) is 5.82. The molecule has 0 radical (unpaired) electrons. The average molecular weight is 239 g/mol. The van der Waals surface area contributed by atoms with Crippen LogP contribution in [0, 0.1) is 13.8 Å². The molecule has 1 aromatic rings. The van der Waals surface area contributed by atoms with Crippen molar-refractivity contribution in [3.63, 3.8) is 0 Å². The minimum absolute atomic E-state index is 0.177. The molecule has 96 valence electrons. The lowest BCUT2D eigenvalue weighted by atomic mass is 10.3. The molecule has 5 heteroatoms. The highest BCUT2D eigenvalue weighted by molar-refractivity contribution is 5.06. The third-order valence-electron chi connectivity index (χ3n) is 2.59. The van der Waals surface area contributed by atoms with Gasteiger partial charge < -0.3 is 10.1 Å². The Kier molecular flexibility index (Phi) is 5.31. The van der Waals surface area contributed by atoms with E-state index in [4.69, 9.17) is 4.74 Å². The van der Waals surface area contributed by atoms with Crippen LogP contribution >= 0.6 is 0 Å². The van der Waals surface area contributed by atoms with Crippen molar-refractivity contribution in [1.82, 2.24) is 14.9 Å². The number of methoxy groups -OCH3 is 1. The van der Waals surface area contributed by atoms with E-state index in [1.807, 2.05) is 26.8 Å². The molecule has 0 amide bonds. The summed E-state index contributed by atoms with van der Waals surface area (Å²) in [6.07, 6.45) is 0. The van der Waals surface area contributed by atoms with Gasteiger partial charge in [0, 0.05) is 37.6 Å². The van der Waals surface area contributed by atoms with Gasteiger partial charge in [0.05, 0.1) is 6.61 Å². The summed E-state index contributed by atoms with van der Waals surface area (Å²) >= 11 is 0. The number of hydrogen-bond donors (Lipinski definition) is 1. The summed E-state index contributed by atoms with van der Waals surface area (Å²) in [4.78, 5) is 15.6. The van der Waals surface area contributed by atoms with Crippen LogP contribution in [0.25, 0.3) is 0 Å². The molecule has 17 heavy (non-hydrogen) atoms. The summed E-state index contributed by atoms with van der Waals surface area (Å²) < 4.78 is 6.71. The van der Waals surface area contributed by atoms with Gasteiger partial charge in [-0.05, 0) is 26.8 Å². The molecule has 1 aromatic heterocycles. The Labute approximate surface area is 102 Å². The molecule has 0 aliphatic rings. The van der Waals surface area contributed by atoms with Crippen LogP contribution in [0.1, 0.15) is 18.3 Å². The summed E-state index contributed by atoms with van der Waals surface area (Å²) in [6, 6.07) is 2.20. The number of aromatic nitrogens is 2. The molecular formula is C12H21N3O2. The molecule has 1 rings (SSSR count). The minimum atomic E-state index is -0.177. The van der Waals surface area contributed by atoms with Gasteiger partial charge in [0.15, 0.2) is 0 Å². The second-order valence-corrected chi connectivity index (χ2v) is 4.28. The van der Waals surface area contributed by atoms with Crippen LogP contribution in [-0.4, -0.2) is 35.9 Å². The monoisotopic (exact) mass is 239 g/mol. The van der Waals surface area contributed by atoms with Crippen molar-refractivity contribution >= 4 is 0 Å². The highest BCUT2D eigenvalue weighted by atomic mass is 16.5. The molecule has 0 bridgehead atoms. The second kappa shape index (κ2) is 6.51. The fourth-order valence-electron chi connectivity index (χ4n) is 1.78. The Hall–Kier alpha value is -1.20. The standard InChI is InChI=1S/C12H21N3O2/c1-9-7-11(3)15(12(16)14-9)6-5-13-10(2)8-17-4/h7,10,13H,5-6,8H2,1-4H3. The van der Waals surface area contributed by atoms with E-state index in [1.165, 1.54) is 0 Å². The van der Waals surface area contributed by atoms with E-state index in [-0.39, 0.29) is 11.7 Å². The van der Waals surface area contributed by atoms with Crippen LogP contribution in [0.2, 0.25) is 0 Å². The van der Waals surface area contributed by atoms with Gasteiger partial charge in [-0.25, -0.2) is 4.79 Å². The summed E-state index contributed by atoms with van der Waals surface area (Å²) in [5.41, 5.74) is 1.54. The Morgan fingerprint density at radius 2 is 2.24 bits per heavy atom. The maximum atomic E-state index is 11.7. The summed E-state index contributed by atoms with van der Waals surface area (Å²) in [7, 11) is 1.68. The van der Waals surface area contributed by atoms with Crippen molar-refractivity contribution in [3.8, 4) is 0 Å². The summed E-state index contributed by atoms with van der Waals surface area (Å²) in [5.74, 6) is 0. The second-order valence-electron chi connectivity index (χ2n) is 4.28. The van der Waals surface area contributed by atoms with Gasteiger partial charge in [-0.1, -0.05) is 0 Å². The van der Waals surface area contributed by atoms with Gasteiger partial charge in [-0.15, -0.1) is 0 Å². The first-order chi connectivity index (χ1) is 8.04. The number of nitrogens with one attached hydrogen (secondary N) is 1. The lowest BCUT2D eigenvalue weighted by Crippen LogP contribution is -2.36. The molecule has 1 unspecified atom stereocenters. The van der Waals surface area contributed by atoms with Crippen molar-refractivity contribution in [1.29, 1.82) is 0 Å².